The summed E-state index contributed by atoms with van der Waals surface area (Å²) in [5, 5.41) is 7.41. The van der Waals surface area contributed by atoms with Crippen LogP contribution in [0.3, 0.4) is 0 Å². The minimum absolute atomic E-state index is 0.0381. The average Bonchev–Trinajstić information content (AvgIpc) is 2.17. The molecular formula is C9H4ClF7O. The first kappa shape index (κ1) is 15.0. The van der Waals surface area contributed by atoms with Gasteiger partial charge in [-0.05, 0) is 17.7 Å². The average molecular weight is 297 g/mol. The fourth-order valence-electron chi connectivity index (χ4n) is 1.16. The van der Waals surface area contributed by atoms with Gasteiger partial charge in [0.25, 0.3) is 0 Å². The first-order valence-corrected chi connectivity index (χ1v) is 4.63. The van der Waals surface area contributed by atoms with Crippen molar-refractivity contribution in [2.75, 3.05) is 0 Å². The molecule has 0 bridgehead atoms. The van der Waals surface area contributed by atoms with Crippen LogP contribution in [0.15, 0.2) is 12.1 Å². The smallest absolute Gasteiger partial charge is 0.379 e. The van der Waals surface area contributed by atoms with E-state index in [0.29, 0.717) is 0 Å². The van der Waals surface area contributed by atoms with Crippen molar-refractivity contribution in [2.45, 2.75) is 18.5 Å². The van der Waals surface area contributed by atoms with Gasteiger partial charge in [-0.15, -0.1) is 0 Å². The van der Waals surface area contributed by atoms with Crippen LogP contribution in [0.2, 0.25) is 5.02 Å². The highest BCUT2D eigenvalue weighted by Gasteiger charge is 2.42. The Morgan fingerprint density at radius 3 is 1.94 bits per heavy atom. The quantitative estimate of drug-likeness (QED) is 0.774. The molecule has 1 aromatic rings. The van der Waals surface area contributed by atoms with Gasteiger partial charge < -0.3 is 5.11 Å². The van der Waals surface area contributed by atoms with Crippen LogP contribution in [0, 0.1) is 5.82 Å². The van der Waals surface area contributed by atoms with E-state index in [1.807, 2.05) is 0 Å². The lowest BCUT2D eigenvalue weighted by Crippen LogP contribution is -2.21. The molecule has 1 aromatic carbocycles. The number of halogens is 8. The summed E-state index contributed by atoms with van der Waals surface area (Å²) >= 11 is 5.01. The fourth-order valence-corrected chi connectivity index (χ4v) is 1.38. The lowest BCUT2D eigenvalue weighted by atomic mass is 10.0. The molecule has 1 nitrogen and oxygen atoms in total. The zero-order valence-electron chi connectivity index (χ0n) is 8.20. The molecule has 18 heavy (non-hydrogen) atoms. The lowest BCUT2D eigenvalue weighted by Gasteiger charge is -2.17. The van der Waals surface area contributed by atoms with E-state index in [0.717, 1.165) is 0 Å². The summed E-state index contributed by atoms with van der Waals surface area (Å²) in [4.78, 5) is 0. The van der Waals surface area contributed by atoms with Crippen LogP contribution in [-0.4, -0.2) is 11.3 Å². The van der Waals surface area contributed by atoms with Gasteiger partial charge in [0.2, 0.25) is 0 Å². The van der Waals surface area contributed by atoms with Crippen molar-refractivity contribution < 1.29 is 35.8 Å². The highest BCUT2D eigenvalue weighted by Crippen LogP contribution is 2.40. The summed E-state index contributed by atoms with van der Waals surface area (Å²) in [6.45, 7) is 0. The Morgan fingerprint density at radius 2 is 1.56 bits per heavy atom. The van der Waals surface area contributed by atoms with Crippen LogP contribution in [0.25, 0.3) is 0 Å². The van der Waals surface area contributed by atoms with E-state index in [-0.39, 0.29) is 12.1 Å². The first-order chi connectivity index (χ1) is 7.94. The molecule has 0 aliphatic carbocycles. The summed E-state index contributed by atoms with van der Waals surface area (Å²) in [6.07, 6.45) is -13.5. The molecule has 0 fully saturated rings. The van der Waals surface area contributed by atoms with Crippen molar-refractivity contribution in [1.82, 2.24) is 0 Å². The van der Waals surface area contributed by atoms with Crippen LogP contribution < -0.4 is 0 Å². The Bertz CT molecular complexity index is 451. The predicted molar refractivity (Wildman–Crippen MR) is 47.4 cm³/mol. The second-order valence-corrected chi connectivity index (χ2v) is 3.68. The minimum atomic E-state index is -5.21. The van der Waals surface area contributed by atoms with E-state index in [1.54, 1.807) is 0 Å². The van der Waals surface area contributed by atoms with Crippen molar-refractivity contribution in [3.05, 3.63) is 34.1 Å². The van der Waals surface area contributed by atoms with Crippen LogP contribution in [0.4, 0.5) is 30.7 Å². The Hall–Kier alpha value is -1.02. The van der Waals surface area contributed by atoms with E-state index < -0.39 is 40.4 Å². The first-order valence-electron chi connectivity index (χ1n) is 4.25. The normalized spacial score (nSPS) is 14.7. The molecular weight excluding hydrogens is 293 g/mol. The molecule has 1 rings (SSSR count). The molecule has 0 amide bonds. The maximum absolute atomic E-state index is 13.0. The van der Waals surface area contributed by atoms with Crippen LogP contribution in [0.1, 0.15) is 17.2 Å². The van der Waals surface area contributed by atoms with Crippen molar-refractivity contribution in [3.8, 4) is 0 Å². The number of aliphatic hydroxyl groups is 1. The molecule has 0 heterocycles. The SMILES string of the molecule is OC(c1cc(F)c(Cl)c(C(F)(F)F)c1)C(F)(F)F. The molecule has 0 aliphatic rings. The highest BCUT2D eigenvalue weighted by atomic mass is 35.5. The number of hydrogen-bond acceptors (Lipinski definition) is 1. The van der Waals surface area contributed by atoms with Gasteiger partial charge in [-0.25, -0.2) is 4.39 Å². The topological polar surface area (TPSA) is 20.2 Å². The van der Waals surface area contributed by atoms with Gasteiger partial charge in [-0.3, -0.25) is 0 Å². The van der Waals surface area contributed by atoms with Crippen molar-refractivity contribution in [3.63, 3.8) is 0 Å². The molecule has 0 saturated heterocycles. The second-order valence-electron chi connectivity index (χ2n) is 3.31. The van der Waals surface area contributed by atoms with Gasteiger partial charge in [0.15, 0.2) is 6.10 Å². The molecule has 1 N–H and O–H groups in total. The minimum Gasteiger partial charge on any atom is -0.379 e. The second kappa shape index (κ2) is 4.58. The molecule has 0 aromatic heterocycles. The number of alkyl halides is 6. The van der Waals surface area contributed by atoms with E-state index in [9.17, 15) is 30.7 Å². The van der Waals surface area contributed by atoms with Gasteiger partial charge in [0.1, 0.15) is 5.82 Å². The molecule has 1 atom stereocenters. The Labute approximate surface area is 101 Å². The molecule has 0 spiro atoms. The molecule has 102 valence electrons. The van der Waals surface area contributed by atoms with Gasteiger partial charge >= 0.3 is 12.4 Å². The Balaban J connectivity index is 3.38. The van der Waals surface area contributed by atoms with E-state index in [2.05, 4.69) is 0 Å². The Morgan fingerprint density at radius 1 is 1.06 bits per heavy atom. The summed E-state index contributed by atoms with van der Waals surface area (Å²) in [5.41, 5.74) is -3.04. The molecule has 9 heteroatoms. The van der Waals surface area contributed by atoms with Gasteiger partial charge in [0, 0.05) is 0 Å². The third-order valence-electron chi connectivity index (χ3n) is 1.98. The van der Waals surface area contributed by atoms with E-state index in [4.69, 9.17) is 16.7 Å². The molecule has 1 unspecified atom stereocenters. The lowest BCUT2D eigenvalue weighted by molar-refractivity contribution is -0.207. The number of hydrogen-bond donors (Lipinski definition) is 1. The fraction of sp³-hybridized carbons (Fsp3) is 0.333. The van der Waals surface area contributed by atoms with Crippen molar-refractivity contribution in [1.29, 1.82) is 0 Å². The maximum Gasteiger partial charge on any atom is 0.418 e. The Kier molecular flexibility index (Phi) is 3.83. The zero-order chi connectivity index (χ0) is 14.3. The predicted octanol–water partition coefficient (Wildman–Crippen LogP) is 4.09. The standard InChI is InChI=1S/C9H4ClF7O/c10-6-4(8(12,13)14)1-3(2-5(6)11)7(18)9(15,16)17/h1-2,7,18H. The van der Waals surface area contributed by atoms with Gasteiger partial charge in [-0.2, -0.15) is 26.3 Å². The summed E-state index contributed by atoms with van der Waals surface area (Å²) < 4.78 is 86.4. The van der Waals surface area contributed by atoms with Crippen molar-refractivity contribution >= 4 is 11.6 Å². The van der Waals surface area contributed by atoms with Gasteiger partial charge in [0.05, 0.1) is 10.6 Å². The van der Waals surface area contributed by atoms with Crippen LogP contribution >= 0.6 is 11.6 Å². The molecule has 0 radical (unpaired) electrons. The monoisotopic (exact) mass is 296 g/mol. The molecule has 0 aliphatic heterocycles. The summed E-state index contributed by atoms with van der Waals surface area (Å²) in [5.74, 6) is -1.69. The van der Waals surface area contributed by atoms with Crippen LogP contribution in [0.5, 0.6) is 0 Å². The van der Waals surface area contributed by atoms with E-state index in [1.165, 1.54) is 0 Å². The number of aliphatic hydroxyl groups excluding tert-OH is 1. The highest BCUT2D eigenvalue weighted by molar-refractivity contribution is 6.31. The number of rotatable bonds is 1. The third-order valence-corrected chi connectivity index (χ3v) is 2.37. The summed E-state index contributed by atoms with van der Waals surface area (Å²) in [6, 6.07) is 0.0688. The number of benzene rings is 1. The molecule has 0 saturated carbocycles. The maximum atomic E-state index is 13.0. The largest absolute Gasteiger partial charge is 0.418 e. The van der Waals surface area contributed by atoms with Gasteiger partial charge in [-0.1, -0.05) is 11.6 Å². The van der Waals surface area contributed by atoms with Crippen LogP contribution in [-0.2, 0) is 6.18 Å². The zero-order valence-corrected chi connectivity index (χ0v) is 8.96. The third kappa shape index (κ3) is 3.05. The van der Waals surface area contributed by atoms with E-state index >= 15 is 0 Å². The van der Waals surface area contributed by atoms with Crippen molar-refractivity contribution in [2.24, 2.45) is 0 Å². The summed E-state index contributed by atoms with van der Waals surface area (Å²) in [7, 11) is 0.